The number of carbonyl (C=O) groups excluding carboxylic acids is 1. The minimum Gasteiger partial charge on any atom is -0.363 e. The number of rotatable bonds is 7. The van der Waals surface area contributed by atoms with E-state index in [9.17, 15) is 4.79 Å². The number of benzene rings is 1. The highest BCUT2D eigenvalue weighted by molar-refractivity contribution is 6.27. The third-order valence-electron chi connectivity index (χ3n) is 2.76. The van der Waals surface area contributed by atoms with Crippen molar-refractivity contribution in [2.45, 2.75) is 33.1 Å². The van der Waals surface area contributed by atoms with E-state index in [0.717, 1.165) is 24.1 Å². The first-order valence-corrected chi connectivity index (χ1v) is 6.56. The van der Waals surface area contributed by atoms with E-state index in [2.05, 4.69) is 0 Å². The van der Waals surface area contributed by atoms with E-state index in [1.54, 1.807) is 7.11 Å². The molecule has 18 heavy (non-hydrogen) atoms. The summed E-state index contributed by atoms with van der Waals surface area (Å²) < 4.78 is 6.51. The molecule has 0 unspecified atom stereocenters. The molecule has 100 valence electrons. The van der Waals surface area contributed by atoms with Crippen molar-refractivity contribution in [3.63, 3.8) is 0 Å². The van der Waals surface area contributed by atoms with Gasteiger partial charge in [-0.05, 0) is 24.5 Å². The first kappa shape index (κ1) is 15.0. The van der Waals surface area contributed by atoms with Crippen molar-refractivity contribution in [3.8, 4) is 0 Å². The highest BCUT2D eigenvalue weighted by Crippen LogP contribution is 2.29. The average Bonchev–Trinajstić information content (AvgIpc) is 2.38. The molecule has 0 N–H and O–H groups in total. The van der Waals surface area contributed by atoms with E-state index in [1.807, 2.05) is 32.0 Å². The van der Waals surface area contributed by atoms with Gasteiger partial charge in [-0.2, -0.15) is 0 Å². The number of ketones is 1. The Morgan fingerprint density at radius 2 is 2.11 bits per heavy atom. The lowest BCUT2D eigenvalue weighted by Gasteiger charge is -2.21. The molecular weight excluding hydrogens is 250 g/mol. The lowest BCUT2D eigenvalue weighted by Crippen LogP contribution is -2.18. The van der Waals surface area contributed by atoms with Crippen molar-refractivity contribution < 1.29 is 9.53 Å². The molecule has 0 heterocycles. The number of methoxy groups -OCH3 is 1. The van der Waals surface area contributed by atoms with Crippen molar-refractivity contribution in [2.75, 3.05) is 18.3 Å². The second kappa shape index (κ2) is 7.39. The Balaban J connectivity index is 3.19. The molecule has 0 aliphatic carbocycles. The fraction of sp³-hybridized carbons (Fsp3) is 0.500. The number of Topliss-reactive ketones (excluding diaryl/α,β-unsaturated/α-hetero) is 1. The summed E-state index contributed by atoms with van der Waals surface area (Å²) in [6.45, 7) is 4.30. The van der Waals surface area contributed by atoms with Gasteiger partial charge in [0.25, 0.3) is 0 Å². The number of hydrogen-bond acceptors (Lipinski definition) is 3. The van der Waals surface area contributed by atoms with Crippen LogP contribution in [0, 0.1) is 0 Å². The topological polar surface area (TPSA) is 29.5 Å². The van der Waals surface area contributed by atoms with Crippen LogP contribution in [0.5, 0.6) is 0 Å². The Hall–Kier alpha value is -1.06. The summed E-state index contributed by atoms with van der Waals surface area (Å²) in [5.74, 6) is 0.129. The molecule has 0 saturated heterocycles. The fourth-order valence-corrected chi connectivity index (χ4v) is 2.22. The van der Waals surface area contributed by atoms with E-state index in [-0.39, 0.29) is 12.5 Å². The number of nitrogens with zero attached hydrogens (tertiary/aromatic N) is 1. The summed E-state index contributed by atoms with van der Waals surface area (Å²) in [6.07, 6.45) is 2.20. The van der Waals surface area contributed by atoms with Crippen LogP contribution < -0.4 is 4.42 Å². The Bertz CT molecular complexity index is 407. The van der Waals surface area contributed by atoms with Crippen LogP contribution in [0.1, 0.15) is 42.6 Å². The minimum absolute atomic E-state index is 0.129. The molecule has 0 amide bonds. The van der Waals surface area contributed by atoms with Crippen LogP contribution in [0.4, 0.5) is 5.69 Å². The maximum absolute atomic E-state index is 12.1. The third kappa shape index (κ3) is 3.47. The van der Waals surface area contributed by atoms with Crippen LogP contribution in [-0.4, -0.2) is 19.6 Å². The standard InChI is InChI=1S/C14H20ClNO2/c1-4-7-13(17)12-9-6-8-11(5-2)14(12)16(15)10-18-3/h6,8-9H,4-5,7,10H2,1-3H3. The lowest BCUT2D eigenvalue weighted by molar-refractivity contribution is 0.0982. The summed E-state index contributed by atoms with van der Waals surface area (Å²) in [5.41, 5.74) is 2.52. The van der Waals surface area contributed by atoms with Gasteiger partial charge in [0.05, 0.1) is 5.69 Å². The molecule has 1 aromatic carbocycles. The first-order valence-electron chi connectivity index (χ1n) is 6.23. The molecule has 0 aromatic heterocycles. The second-order valence-electron chi connectivity index (χ2n) is 4.12. The molecule has 0 radical (unpaired) electrons. The Morgan fingerprint density at radius 1 is 1.39 bits per heavy atom. The molecule has 1 aromatic rings. The average molecular weight is 270 g/mol. The van der Waals surface area contributed by atoms with Crippen molar-refractivity contribution in [1.82, 2.24) is 0 Å². The van der Waals surface area contributed by atoms with Gasteiger partial charge in [-0.1, -0.05) is 26.0 Å². The van der Waals surface area contributed by atoms with Gasteiger partial charge in [-0.15, -0.1) is 0 Å². The number of aryl methyl sites for hydroxylation is 1. The number of anilines is 1. The van der Waals surface area contributed by atoms with Crippen LogP contribution in [-0.2, 0) is 11.2 Å². The number of hydrogen-bond donors (Lipinski definition) is 0. The van der Waals surface area contributed by atoms with Gasteiger partial charge in [0.1, 0.15) is 6.73 Å². The number of carbonyl (C=O) groups is 1. The van der Waals surface area contributed by atoms with E-state index in [0.29, 0.717) is 12.0 Å². The van der Waals surface area contributed by atoms with Crippen molar-refractivity contribution in [3.05, 3.63) is 29.3 Å². The molecule has 0 aliphatic rings. The summed E-state index contributed by atoms with van der Waals surface area (Å²) >= 11 is 6.20. The predicted molar refractivity (Wildman–Crippen MR) is 75.3 cm³/mol. The number of halogens is 1. The molecule has 0 fully saturated rings. The van der Waals surface area contributed by atoms with E-state index in [1.165, 1.54) is 4.42 Å². The molecule has 0 bridgehead atoms. The van der Waals surface area contributed by atoms with Gasteiger partial charge in [0.15, 0.2) is 5.78 Å². The molecule has 3 nitrogen and oxygen atoms in total. The highest BCUT2D eigenvalue weighted by Gasteiger charge is 2.17. The minimum atomic E-state index is 0.129. The van der Waals surface area contributed by atoms with Crippen LogP contribution in [0.15, 0.2) is 18.2 Å². The van der Waals surface area contributed by atoms with Crippen LogP contribution in [0.25, 0.3) is 0 Å². The number of para-hydroxylation sites is 1. The molecule has 1 rings (SSSR count). The molecule has 0 atom stereocenters. The predicted octanol–water partition coefficient (Wildman–Crippen LogP) is 3.80. The van der Waals surface area contributed by atoms with Gasteiger partial charge < -0.3 is 4.74 Å². The Morgan fingerprint density at radius 3 is 2.67 bits per heavy atom. The Labute approximate surface area is 114 Å². The lowest BCUT2D eigenvalue weighted by atomic mass is 9.99. The summed E-state index contributed by atoms with van der Waals surface area (Å²) in [6, 6.07) is 5.73. The second-order valence-corrected chi connectivity index (χ2v) is 4.53. The highest BCUT2D eigenvalue weighted by atomic mass is 35.5. The van der Waals surface area contributed by atoms with Gasteiger partial charge in [-0.3, -0.25) is 9.21 Å². The van der Waals surface area contributed by atoms with Gasteiger partial charge in [-0.25, -0.2) is 0 Å². The van der Waals surface area contributed by atoms with Gasteiger partial charge >= 0.3 is 0 Å². The fourth-order valence-electron chi connectivity index (χ4n) is 1.93. The monoisotopic (exact) mass is 269 g/mol. The normalized spacial score (nSPS) is 10.4. The van der Waals surface area contributed by atoms with E-state index < -0.39 is 0 Å². The van der Waals surface area contributed by atoms with Gasteiger partial charge in [0, 0.05) is 30.9 Å². The zero-order valence-electron chi connectivity index (χ0n) is 11.2. The summed E-state index contributed by atoms with van der Waals surface area (Å²) in [5, 5.41) is 0. The maximum atomic E-state index is 12.1. The summed E-state index contributed by atoms with van der Waals surface area (Å²) in [7, 11) is 1.58. The SMILES string of the molecule is CCCC(=O)c1cccc(CC)c1N(Cl)COC. The zero-order valence-corrected chi connectivity index (χ0v) is 12.0. The largest absolute Gasteiger partial charge is 0.363 e. The molecule has 0 aliphatic heterocycles. The number of ether oxygens (including phenoxy) is 1. The van der Waals surface area contributed by atoms with Crippen LogP contribution in [0.2, 0.25) is 0 Å². The van der Waals surface area contributed by atoms with E-state index in [4.69, 9.17) is 16.5 Å². The molecule has 4 heteroatoms. The Kier molecular flexibility index (Phi) is 6.16. The van der Waals surface area contributed by atoms with Crippen molar-refractivity contribution in [2.24, 2.45) is 0 Å². The molecule has 0 saturated carbocycles. The van der Waals surface area contributed by atoms with Crippen LogP contribution >= 0.6 is 11.8 Å². The van der Waals surface area contributed by atoms with Gasteiger partial charge in [0.2, 0.25) is 0 Å². The summed E-state index contributed by atoms with van der Waals surface area (Å²) in [4.78, 5) is 12.1. The zero-order chi connectivity index (χ0) is 13.5. The van der Waals surface area contributed by atoms with Crippen molar-refractivity contribution in [1.29, 1.82) is 0 Å². The van der Waals surface area contributed by atoms with Crippen LogP contribution in [0.3, 0.4) is 0 Å². The molecular formula is C14H20ClNO2. The third-order valence-corrected chi connectivity index (χ3v) is 3.03. The smallest absolute Gasteiger partial charge is 0.165 e. The molecule has 0 spiro atoms. The van der Waals surface area contributed by atoms with E-state index >= 15 is 0 Å². The first-order chi connectivity index (χ1) is 8.65. The van der Waals surface area contributed by atoms with Crippen molar-refractivity contribution >= 4 is 23.2 Å². The maximum Gasteiger partial charge on any atom is 0.165 e. The quantitative estimate of drug-likeness (QED) is 0.428.